The molecule has 0 amide bonds. The third-order valence-electron chi connectivity index (χ3n) is 3.81. The third-order valence-corrected chi connectivity index (χ3v) is 3.81. The van der Waals surface area contributed by atoms with Crippen LogP contribution in [-0.2, 0) is 0 Å². The van der Waals surface area contributed by atoms with E-state index in [4.69, 9.17) is 0 Å². The molecule has 1 aliphatic carbocycles. The van der Waals surface area contributed by atoms with Gasteiger partial charge in [0.25, 0.3) is 0 Å². The second-order valence-corrected chi connectivity index (χ2v) is 5.71. The largest absolute Gasteiger partial charge is 0.392 e. The Morgan fingerprint density at radius 2 is 1.29 bits per heavy atom. The van der Waals surface area contributed by atoms with E-state index in [1.807, 2.05) is 6.92 Å². The Hall–Kier alpha value is -0.0800. The normalized spacial score (nSPS) is 23.6. The molecule has 1 fully saturated rings. The van der Waals surface area contributed by atoms with Crippen molar-refractivity contribution in [1.82, 2.24) is 5.32 Å². The Balaban J connectivity index is 2.22. The lowest BCUT2D eigenvalue weighted by Crippen LogP contribution is -2.34. The van der Waals surface area contributed by atoms with Gasteiger partial charge in [-0.1, -0.05) is 57.8 Å². The van der Waals surface area contributed by atoms with E-state index >= 15 is 0 Å². The number of aliphatic hydroxyl groups is 1. The van der Waals surface area contributed by atoms with E-state index in [1.54, 1.807) is 0 Å². The van der Waals surface area contributed by atoms with Crippen molar-refractivity contribution in [1.29, 1.82) is 0 Å². The molecule has 1 saturated carbocycles. The van der Waals surface area contributed by atoms with E-state index in [1.165, 1.54) is 70.6 Å². The van der Waals surface area contributed by atoms with E-state index in [0.29, 0.717) is 6.04 Å². The van der Waals surface area contributed by atoms with Gasteiger partial charge in [-0.15, -0.1) is 0 Å². The molecule has 0 radical (unpaired) electrons. The first-order valence-electron chi connectivity index (χ1n) is 7.70. The smallest absolute Gasteiger partial charge is 0.0636 e. The molecule has 0 heterocycles. The molecule has 0 spiro atoms. The zero-order valence-electron chi connectivity index (χ0n) is 11.6. The highest BCUT2D eigenvalue weighted by Crippen LogP contribution is 2.16. The quantitative estimate of drug-likeness (QED) is 0.791. The summed E-state index contributed by atoms with van der Waals surface area (Å²) in [5.74, 6) is 0. The topological polar surface area (TPSA) is 32.3 Å². The molecule has 0 saturated heterocycles. The molecule has 17 heavy (non-hydrogen) atoms. The van der Waals surface area contributed by atoms with Gasteiger partial charge >= 0.3 is 0 Å². The van der Waals surface area contributed by atoms with E-state index in [2.05, 4.69) is 5.32 Å². The maximum Gasteiger partial charge on any atom is 0.0636 e. The van der Waals surface area contributed by atoms with Crippen molar-refractivity contribution < 1.29 is 5.11 Å². The number of rotatable bonds is 3. The molecule has 1 atom stereocenters. The predicted molar refractivity (Wildman–Crippen MR) is 74.3 cm³/mol. The lowest BCUT2D eigenvalue weighted by Gasteiger charge is -2.20. The number of hydrogen-bond donors (Lipinski definition) is 2. The molecule has 2 N–H and O–H groups in total. The van der Waals surface area contributed by atoms with E-state index in [0.717, 1.165) is 6.54 Å². The van der Waals surface area contributed by atoms with Gasteiger partial charge in [0.2, 0.25) is 0 Å². The minimum Gasteiger partial charge on any atom is -0.392 e. The van der Waals surface area contributed by atoms with Crippen molar-refractivity contribution in [3.05, 3.63) is 0 Å². The molecule has 0 aliphatic heterocycles. The van der Waals surface area contributed by atoms with Gasteiger partial charge in [0.15, 0.2) is 0 Å². The highest BCUT2D eigenvalue weighted by molar-refractivity contribution is 4.69. The molecule has 102 valence electrons. The first-order valence-corrected chi connectivity index (χ1v) is 7.70. The van der Waals surface area contributed by atoms with Gasteiger partial charge in [0.05, 0.1) is 6.10 Å². The first-order chi connectivity index (χ1) is 8.29. The fourth-order valence-corrected chi connectivity index (χ4v) is 2.70. The fraction of sp³-hybridized carbons (Fsp3) is 1.00. The number of hydrogen-bond acceptors (Lipinski definition) is 2. The summed E-state index contributed by atoms with van der Waals surface area (Å²) in [6.45, 7) is 2.62. The van der Waals surface area contributed by atoms with Crippen LogP contribution in [0, 0.1) is 0 Å². The molecule has 2 heteroatoms. The fourth-order valence-electron chi connectivity index (χ4n) is 2.70. The van der Waals surface area contributed by atoms with Gasteiger partial charge in [-0.3, -0.25) is 0 Å². The molecule has 0 aromatic carbocycles. The average molecular weight is 241 g/mol. The van der Waals surface area contributed by atoms with E-state index in [-0.39, 0.29) is 6.10 Å². The molecule has 1 aliphatic rings. The summed E-state index contributed by atoms with van der Waals surface area (Å²) in [5, 5.41) is 12.9. The summed E-state index contributed by atoms with van der Waals surface area (Å²) in [6, 6.07) is 0.643. The van der Waals surface area contributed by atoms with Crippen LogP contribution in [0.25, 0.3) is 0 Å². The summed E-state index contributed by atoms with van der Waals surface area (Å²) in [4.78, 5) is 0. The van der Waals surface area contributed by atoms with Crippen molar-refractivity contribution in [2.24, 2.45) is 0 Å². The zero-order chi connectivity index (χ0) is 12.3. The Bertz CT molecular complexity index is 158. The van der Waals surface area contributed by atoms with Crippen molar-refractivity contribution in [3.8, 4) is 0 Å². The van der Waals surface area contributed by atoms with Crippen molar-refractivity contribution in [3.63, 3.8) is 0 Å². The average Bonchev–Trinajstić information content (AvgIpc) is 2.28. The van der Waals surface area contributed by atoms with Crippen LogP contribution in [0.4, 0.5) is 0 Å². The Labute approximate surface area is 107 Å². The van der Waals surface area contributed by atoms with Crippen molar-refractivity contribution >= 4 is 0 Å². The van der Waals surface area contributed by atoms with Crippen LogP contribution < -0.4 is 5.32 Å². The van der Waals surface area contributed by atoms with Gasteiger partial charge in [-0.05, 0) is 19.8 Å². The van der Waals surface area contributed by atoms with E-state index < -0.39 is 0 Å². The second-order valence-electron chi connectivity index (χ2n) is 5.71. The molecular formula is C15H31NO. The van der Waals surface area contributed by atoms with Gasteiger partial charge < -0.3 is 10.4 Å². The van der Waals surface area contributed by atoms with E-state index in [9.17, 15) is 5.11 Å². The van der Waals surface area contributed by atoms with Gasteiger partial charge in [0, 0.05) is 12.6 Å². The Morgan fingerprint density at radius 3 is 1.71 bits per heavy atom. The molecule has 0 aromatic rings. The highest BCUT2D eigenvalue weighted by atomic mass is 16.3. The lowest BCUT2D eigenvalue weighted by atomic mass is 9.98. The van der Waals surface area contributed by atoms with Crippen LogP contribution >= 0.6 is 0 Å². The highest BCUT2D eigenvalue weighted by Gasteiger charge is 2.09. The van der Waals surface area contributed by atoms with Crippen LogP contribution in [0.15, 0.2) is 0 Å². The van der Waals surface area contributed by atoms with Crippen molar-refractivity contribution in [2.45, 2.75) is 89.7 Å². The number of nitrogens with one attached hydrogen (secondary N) is 1. The third kappa shape index (κ3) is 8.62. The Morgan fingerprint density at radius 1 is 0.882 bits per heavy atom. The summed E-state index contributed by atoms with van der Waals surface area (Å²) < 4.78 is 0. The van der Waals surface area contributed by atoms with Gasteiger partial charge in [0.1, 0.15) is 0 Å². The SMILES string of the molecule is CC(O)CNC1CCCCCCCCCCC1. The maximum atomic E-state index is 9.33. The molecule has 1 rings (SSSR count). The summed E-state index contributed by atoms with van der Waals surface area (Å²) >= 11 is 0. The maximum absolute atomic E-state index is 9.33. The second kappa shape index (κ2) is 9.90. The molecule has 2 nitrogen and oxygen atoms in total. The minimum absolute atomic E-state index is 0.212. The minimum atomic E-state index is -0.212. The zero-order valence-corrected chi connectivity index (χ0v) is 11.6. The van der Waals surface area contributed by atoms with Crippen molar-refractivity contribution in [2.75, 3.05) is 6.54 Å². The summed E-state index contributed by atoms with van der Waals surface area (Å²) in [6.07, 6.45) is 15.1. The molecule has 0 bridgehead atoms. The lowest BCUT2D eigenvalue weighted by molar-refractivity contribution is 0.183. The van der Waals surface area contributed by atoms with Gasteiger partial charge in [-0.2, -0.15) is 0 Å². The number of aliphatic hydroxyl groups excluding tert-OH is 1. The standard InChI is InChI=1S/C15H31NO/c1-14(17)13-16-15-11-9-7-5-3-2-4-6-8-10-12-15/h14-17H,2-13H2,1H3. The van der Waals surface area contributed by atoms with Crippen LogP contribution in [0.1, 0.15) is 77.6 Å². The summed E-state index contributed by atoms with van der Waals surface area (Å²) in [5.41, 5.74) is 0. The molecule has 1 unspecified atom stereocenters. The van der Waals surface area contributed by atoms with Gasteiger partial charge in [-0.25, -0.2) is 0 Å². The van der Waals surface area contributed by atoms with Crippen LogP contribution in [0.5, 0.6) is 0 Å². The van der Waals surface area contributed by atoms with Crippen LogP contribution in [0.3, 0.4) is 0 Å². The predicted octanol–water partition coefficient (Wildman–Crippen LogP) is 3.63. The van der Waals surface area contributed by atoms with Crippen LogP contribution in [-0.4, -0.2) is 23.8 Å². The monoisotopic (exact) mass is 241 g/mol. The Kier molecular flexibility index (Phi) is 8.72. The van der Waals surface area contributed by atoms with Crippen LogP contribution in [0.2, 0.25) is 0 Å². The molecular weight excluding hydrogens is 210 g/mol. The summed E-state index contributed by atoms with van der Waals surface area (Å²) in [7, 11) is 0. The first kappa shape index (κ1) is 15.0. The molecule has 0 aromatic heterocycles.